The van der Waals surface area contributed by atoms with Gasteiger partial charge in [-0.05, 0) is 67.9 Å². The predicted molar refractivity (Wildman–Crippen MR) is 112 cm³/mol. The van der Waals surface area contributed by atoms with E-state index >= 15 is 0 Å². The maximum absolute atomic E-state index is 6.12. The van der Waals surface area contributed by atoms with Crippen molar-refractivity contribution in [3.8, 4) is 23.1 Å². The quantitative estimate of drug-likeness (QED) is 0.524. The molecule has 5 rings (SSSR count). The highest BCUT2D eigenvalue weighted by atomic mass is 16.5. The number of fused-ring (bicyclic) bond motifs is 1. The maximum Gasteiger partial charge on any atom is 0.247 e. The number of hydrogen-bond acceptors (Lipinski definition) is 5. The Morgan fingerprint density at radius 1 is 0.897 bits per heavy atom. The van der Waals surface area contributed by atoms with Gasteiger partial charge in [0.25, 0.3) is 0 Å². The van der Waals surface area contributed by atoms with E-state index in [4.69, 9.17) is 9.47 Å². The number of nitrogens with one attached hydrogen (secondary N) is 1. The number of rotatable bonds is 6. The molecular formula is C23H22N4O2. The molecule has 6 heteroatoms. The second kappa shape index (κ2) is 7.93. The lowest BCUT2D eigenvalue weighted by Crippen LogP contribution is -2.14. The van der Waals surface area contributed by atoms with E-state index in [1.807, 2.05) is 60.7 Å². The molecule has 3 heterocycles. The summed E-state index contributed by atoms with van der Waals surface area (Å²) in [5.41, 5.74) is 1.83. The first kappa shape index (κ1) is 17.7. The van der Waals surface area contributed by atoms with Crippen molar-refractivity contribution >= 4 is 11.0 Å². The van der Waals surface area contributed by atoms with Crippen molar-refractivity contribution in [2.24, 2.45) is 5.92 Å². The Morgan fingerprint density at radius 2 is 1.66 bits per heavy atom. The summed E-state index contributed by atoms with van der Waals surface area (Å²) in [5, 5.41) is 3.42. The fraction of sp³-hybridized carbons (Fsp3) is 0.217. The third-order valence-electron chi connectivity index (χ3n) is 5.15. The van der Waals surface area contributed by atoms with Gasteiger partial charge < -0.3 is 19.4 Å². The van der Waals surface area contributed by atoms with Crippen molar-refractivity contribution < 1.29 is 9.47 Å². The summed E-state index contributed by atoms with van der Waals surface area (Å²) < 4.78 is 14.2. The first-order valence-corrected chi connectivity index (χ1v) is 9.86. The minimum atomic E-state index is 0.572. The number of aromatic nitrogens is 3. The zero-order valence-electron chi connectivity index (χ0n) is 16.0. The highest BCUT2D eigenvalue weighted by Gasteiger charge is 2.18. The summed E-state index contributed by atoms with van der Waals surface area (Å²) in [6.45, 7) is 3.07. The van der Waals surface area contributed by atoms with Crippen LogP contribution in [0.4, 0.5) is 0 Å². The molecular weight excluding hydrogens is 364 g/mol. The Morgan fingerprint density at radius 3 is 2.41 bits per heavy atom. The summed E-state index contributed by atoms with van der Waals surface area (Å²) in [6, 6.07) is 19.3. The van der Waals surface area contributed by atoms with Crippen LogP contribution in [0, 0.1) is 5.92 Å². The molecule has 0 spiro atoms. The van der Waals surface area contributed by atoms with E-state index in [1.54, 1.807) is 6.33 Å². The number of ether oxygens (including phenoxy) is 2. The summed E-state index contributed by atoms with van der Waals surface area (Å²) in [7, 11) is 0. The molecule has 1 aliphatic heterocycles. The lowest BCUT2D eigenvalue weighted by molar-refractivity contribution is 0.451. The number of nitrogens with zero attached hydrogens (tertiary/aromatic N) is 3. The molecule has 0 aliphatic carbocycles. The van der Waals surface area contributed by atoms with Crippen molar-refractivity contribution in [1.29, 1.82) is 0 Å². The first-order valence-electron chi connectivity index (χ1n) is 9.86. The van der Waals surface area contributed by atoms with Gasteiger partial charge in [0.15, 0.2) is 0 Å². The number of benzene rings is 2. The standard InChI is InChI=1S/C23H22N4O2/c1-2-4-18(5-3-1)28-19-6-8-20(9-7-19)29-23-22-21(25-16-26-23)11-13-27(22)15-17-10-12-24-14-17/h1-9,11,13,16-17,24H,10,12,14-15H2. The average Bonchev–Trinajstić information content (AvgIpc) is 3.41. The Hall–Kier alpha value is -3.38. The van der Waals surface area contributed by atoms with Crippen molar-refractivity contribution in [3.05, 3.63) is 73.2 Å². The van der Waals surface area contributed by atoms with Gasteiger partial charge in [-0.15, -0.1) is 0 Å². The van der Waals surface area contributed by atoms with Crippen LogP contribution < -0.4 is 14.8 Å². The second-order valence-electron chi connectivity index (χ2n) is 7.23. The molecule has 146 valence electrons. The van der Waals surface area contributed by atoms with Gasteiger partial charge in [0, 0.05) is 12.7 Å². The van der Waals surface area contributed by atoms with Crippen LogP contribution in [0.15, 0.2) is 73.2 Å². The van der Waals surface area contributed by atoms with Gasteiger partial charge in [0.05, 0.1) is 5.52 Å². The molecule has 0 radical (unpaired) electrons. The summed E-state index contributed by atoms with van der Waals surface area (Å²) in [4.78, 5) is 8.79. The van der Waals surface area contributed by atoms with Crippen molar-refractivity contribution in [2.45, 2.75) is 13.0 Å². The van der Waals surface area contributed by atoms with Crippen molar-refractivity contribution in [2.75, 3.05) is 13.1 Å². The van der Waals surface area contributed by atoms with Crippen LogP contribution in [0.5, 0.6) is 23.1 Å². The summed E-state index contributed by atoms with van der Waals surface area (Å²) in [6.07, 6.45) is 4.81. The van der Waals surface area contributed by atoms with Crippen LogP contribution in [0.2, 0.25) is 0 Å². The smallest absolute Gasteiger partial charge is 0.247 e. The molecule has 4 aromatic rings. The van der Waals surface area contributed by atoms with E-state index in [0.717, 1.165) is 42.2 Å². The summed E-state index contributed by atoms with van der Waals surface area (Å²) >= 11 is 0. The third-order valence-corrected chi connectivity index (χ3v) is 5.15. The molecule has 6 nitrogen and oxygen atoms in total. The van der Waals surface area contributed by atoms with Gasteiger partial charge >= 0.3 is 0 Å². The molecule has 1 saturated heterocycles. The van der Waals surface area contributed by atoms with E-state index in [9.17, 15) is 0 Å². The highest BCUT2D eigenvalue weighted by molar-refractivity contribution is 5.80. The van der Waals surface area contributed by atoms with E-state index in [-0.39, 0.29) is 0 Å². The zero-order valence-corrected chi connectivity index (χ0v) is 16.0. The van der Waals surface area contributed by atoms with Crippen LogP contribution in [-0.4, -0.2) is 27.6 Å². The molecule has 1 N–H and O–H groups in total. The van der Waals surface area contributed by atoms with Gasteiger partial charge in [-0.1, -0.05) is 18.2 Å². The van der Waals surface area contributed by atoms with E-state index in [1.165, 1.54) is 6.42 Å². The third kappa shape index (κ3) is 3.93. The first-order chi connectivity index (χ1) is 14.3. The molecule has 2 aromatic heterocycles. The predicted octanol–water partition coefficient (Wildman–Crippen LogP) is 4.63. The van der Waals surface area contributed by atoms with Gasteiger partial charge in [-0.2, -0.15) is 4.98 Å². The molecule has 0 amide bonds. The fourth-order valence-electron chi connectivity index (χ4n) is 3.69. The van der Waals surface area contributed by atoms with Crippen molar-refractivity contribution in [3.63, 3.8) is 0 Å². The minimum Gasteiger partial charge on any atom is -0.457 e. The monoisotopic (exact) mass is 386 g/mol. The van der Waals surface area contributed by atoms with Crippen LogP contribution in [0.3, 0.4) is 0 Å². The second-order valence-corrected chi connectivity index (χ2v) is 7.23. The Bertz CT molecular complexity index is 1090. The van der Waals surface area contributed by atoms with Crippen molar-refractivity contribution in [1.82, 2.24) is 19.9 Å². The Labute approximate surface area is 169 Å². The van der Waals surface area contributed by atoms with Gasteiger partial charge in [-0.25, -0.2) is 4.98 Å². The van der Waals surface area contributed by atoms with E-state index < -0.39 is 0 Å². The molecule has 1 aliphatic rings. The molecule has 0 bridgehead atoms. The molecule has 1 fully saturated rings. The van der Waals surface area contributed by atoms with Gasteiger partial charge in [0.2, 0.25) is 5.88 Å². The topological polar surface area (TPSA) is 61.2 Å². The van der Waals surface area contributed by atoms with E-state index in [0.29, 0.717) is 17.5 Å². The van der Waals surface area contributed by atoms with E-state index in [2.05, 4.69) is 26.0 Å². The SMILES string of the molecule is c1ccc(Oc2ccc(Oc3ncnc4ccn(CC5CCNC5)c34)cc2)cc1. The molecule has 1 atom stereocenters. The highest BCUT2D eigenvalue weighted by Crippen LogP contribution is 2.30. The number of hydrogen-bond donors (Lipinski definition) is 1. The molecule has 1 unspecified atom stereocenters. The molecule has 0 saturated carbocycles. The lowest BCUT2D eigenvalue weighted by Gasteiger charge is -2.13. The summed E-state index contributed by atoms with van der Waals surface area (Å²) in [5.74, 6) is 3.46. The molecule has 29 heavy (non-hydrogen) atoms. The Balaban J connectivity index is 1.36. The average molecular weight is 386 g/mol. The normalized spacial score (nSPS) is 16.2. The fourth-order valence-corrected chi connectivity index (χ4v) is 3.69. The van der Waals surface area contributed by atoms with Crippen LogP contribution in [0.25, 0.3) is 11.0 Å². The largest absolute Gasteiger partial charge is 0.457 e. The maximum atomic E-state index is 6.12. The Kier molecular flexibility index (Phi) is 4.84. The van der Waals surface area contributed by atoms with Crippen LogP contribution in [-0.2, 0) is 6.54 Å². The van der Waals surface area contributed by atoms with Gasteiger partial charge in [0.1, 0.15) is 29.1 Å². The number of para-hydroxylation sites is 1. The van der Waals surface area contributed by atoms with Gasteiger partial charge in [-0.3, -0.25) is 0 Å². The van der Waals surface area contributed by atoms with Crippen LogP contribution in [0.1, 0.15) is 6.42 Å². The zero-order chi connectivity index (χ0) is 19.5. The lowest BCUT2D eigenvalue weighted by atomic mass is 10.1. The van der Waals surface area contributed by atoms with Crippen LogP contribution >= 0.6 is 0 Å². The molecule has 2 aromatic carbocycles. The minimum absolute atomic E-state index is 0.572.